The third kappa shape index (κ3) is 4.93. The van der Waals surface area contributed by atoms with E-state index in [2.05, 4.69) is 10.3 Å². The van der Waals surface area contributed by atoms with Gasteiger partial charge in [-0.05, 0) is 67.3 Å². The zero-order valence-corrected chi connectivity index (χ0v) is 16.9. The predicted molar refractivity (Wildman–Crippen MR) is 107 cm³/mol. The summed E-state index contributed by atoms with van der Waals surface area (Å²) in [6.45, 7) is 0.353. The van der Waals surface area contributed by atoms with Crippen molar-refractivity contribution in [2.75, 3.05) is 18.5 Å². The Bertz CT molecular complexity index is 925. The zero-order chi connectivity index (χ0) is 20.4. The molecule has 0 amide bonds. The van der Waals surface area contributed by atoms with Gasteiger partial charge in [0.25, 0.3) is 0 Å². The second-order valence-electron chi connectivity index (χ2n) is 8.08. The minimum Gasteiger partial charge on any atom is -0.367 e. The summed E-state index contributed by atoms with van der Waals surface area (Å²) in [5.41, 5.74) is 0.745. The number of pyridine rings is 1. The Kier molecular flexibility index (Phi) is 5.83. The molecule has 4 rings (SSSR count). The van der Waals surface area contributed by atoms with Crippen LogP contribution in [0.2, 0.25) is 0 Å². The van der Waals surface area contributed by atoms with E-state index < -0.39 is 10.0 Å². The van der Waals surface area contributed by atoms with Crippen LogP contribution in [0, 0.1) is 17.7 Å². The Morgan fingerprint density at radius 2 is 1.79 bits per heavy atom. The van der Waals surface area contributed by atoms with Crippen LogP contribution in [0.5, 0.6) is 0 Å². The van der Waals surface area contributed by atoms with Gasteiger partial charge in [-0.3, -0.25) is 4.39 Å². The molecule has 1 aromatic heterocycles. The third-order valence-electron chi connectivity index (χ3n) is 5.61. The highest BCUT2D eigenvalue weighted by Crippen LogP contribution is 2.33. The first-order chi connectivity index (χ1) is 13.9. The molecule has 5 nitrogen and oxygen atoms in total. The maximum Gasteiger partial charge on any atom is 0.244 e. The second-order valence-corrected chi connectivity index (χ2v) is 10.0. The van der Waals surface area contributed by atoms with E-state index in [9.17, 15) is 17.2 Å². The lowest BCUT2D eigenvalue weighted by Crippen LogP contribution is -2.36. The fourth-order valence-electron chi connectivity index (χ4n) is 3.59. The lowest BCUT2D eigenvalue weighted by atomic mass is 9.81. The lowest BCUT2D eigenvalue weighted by Gasteiger charge is -2.34. The summed E-state index contributed by atoms with van der Waals surface area (Å²) in [6, 6.07) is 9.30. The quantitative estimate of drug-likeness (QED) is 0.665. The number of aromatic nitrogens is 1. The molecule has 0 atom stereocenters. The minimum absolute atomic E-state index is 0.120. The molecule has 0 saturated heterocycles. The summed E-state index contributed by atoms with van der Waals surface area (Å²) < 4.78 is 53.6. The van der Waals surface area contributed by atoms with Crippen molar-refractivity contribution in [3.8, 4) is 0 Å². The van der Waals surface area contributed by atoms with Gasteiger partial charge in [-0.25, -0.2) is 17.8 Å². The normalized spacial score (nSPS) is 21.8. The maximum absolute atomic E-state index is 13.2. The van der Waals surface area contributed by atoms with Gasteiger partial charge in [0.15, 0.2) is 0 Å². The van der Waals surface area contributed by atoms with Crippen molar-refractivity contribution in [2.24, 2.45) is 11.8 Å². The molecule has 1 N–H and O–H groups in total. The minimum atomic E-state index is -3.71. The summed E-state index contributed by atoms with van der Waals surface area (Å²) >= 11 is 0. The van der Waals surface area contributed by atoms with E-state index >= 15 is 0 Å². The second kappa shape index (κ2) is 8.36. The number of anilines is 1. The maximum atomic E-state index is 13.2. The highest BCUT2D eigenvalue weighted by atomic mass is 32.2. The van der Waals surface area contributed by atoms with E-state index in [1.165, 1.54) is 22.6 Å². The van der Waals surface area contributed by atoms with Crippen molar-refractivity contribution in [2.45, 2.75) is 43.2 Å². The van der Waals surface area contributed by atoms with E-state index in [1.54, 1.807) is 24.3 Å². The number of halogens is 2. The number of nitrogens with one attached hydrogen (secondary N) is 1. The molecule has 2 aromatic rings. The molecule has 2 fully saturated rings. The number of hydrogen-bond donors (Lipinski definition) is 1. The van der Waals surface area contributed by atoms with E-state index in [0.29, 0.717) is 18.3 Å². The monoisotopic (exact) mass is 421 g/mol. The summed E-state index contributed by atoms with van der Waals surface area (Å²) in [5.74, 6) is 0.747. The molecule has 0 radical (unpaired) electrons. The number of sulfonamides is 1. The van der Waals surface area contributed by atoms with Crippen LogP contribution in [0.3, 0.4) is 0 Å². The molecule has 156 valence electrons. The molecule has 0 unspecified atom stereocenters. The smallest absolute Gasteiger partial charge is 0.244 e. The molecular weight excluding hydrogens is 396 g/mol. The molecule has 1 heterocycles. The molecule has 0 aliphatic heterocycles. The molecular formula is C21H25F2N3O2S. The predicted octanol–water partition coefficient (Wildman–Crippen LogP) is 3.98. The van der Waals surface area contributed by atoms with Gasteiger partial charge in [0.2, 0.25) is 10.0 Å². The van der Waals surface area contributed by atoms with Crippen LogP contribution in [0.1, 0.15) is 31.2 Å². The third-order valence-corrected chi connectivity index (χ3v) is 7.41. The molecule has 29 heavy (non-hydrogen) atoms. The average Bonchev–Trinajstić information content (AvgIpc) is 3.50. The Labute approximate surface area is 170 Å². The van der Waals surface area contributed by atoms with Crippen LogP contribution >= 0.6 is 0 Å². The van der Waals surface area contributed by atoms with Crippen molar-refractivity contribution in [1.82, 2.24) is 9.29 Å². The van der Waals surface area contributed by atoms with E-state index in [4.69, 9.17) is 0 Å². The van der Waals surface area contributed by atoms with Gasteiger partial charge in [0, 0.05) is 25.3 Å². The van der Waals surface area contributed by atoms with Crippen molar-refractivity contribution in [3.05, 3.63) is 54.0 Å². The summed E-state index contributed by atoms with van der Waals surface area (Å²) in [7, 11) is -3.71. The number of hydrogen-bond acceptors (Lipinski definition) is 4. The lowest BCUT2D eigenvalue weighted by molar-refractivity contribution is 0.222. The Morgan fingerprint density at radius 3 is 2.38 bits per heavy atom. The topological polar surface area (TPSA) is 62.3 Å². The fraction of sp³-hybridized carbons (Fsp3) is 0.476. The first kappa shape index (κ1) is 20.2. The zero-order valence-electron chi connectivity index (χ0n) is 16.1. The van der Waals surface area contributed by atoms with Crippen molar-refractivity contribution in [1.29, 1.82) is 0 Å². The summed E-state index contributed by atoms with van der Waals surface area (Å²) in [4.78, 5) is 4.39. The number of nitrogens with zero attached hydrogens (tertiary/aromatic N) is 2. The first-order valence-electron chi connectivity index (χ1n) is 9.97. The Morgan fingerprint density at radius 1 is 1.07 bits per heavy atom. The molecule has 0 bridgehead atoms. The van der Waals surface area contributed by atoms with Gasteiger partial charge in [0.1, 0.15) is 16.5 Å². The summed E-state index contributed by atoms with van der Waals surface area (Å²) in [6.07, 6.45) is 4.96. The largest absolute Gasteiger partial charge is 0.367 e. The Balaban J connectivity index is 1.47. The average molecular weight is 422 g/mol. The molecule has 1 aromatic carbocycles. The van der Waals surface area contributed by atoms with Crippen molar-refractivity contribution >= 4 is 15.8 Å². The van der Waals surface area contributed by atoms with Gasteiger partial charge in [-0.2, -0.15) is 4.31 Å². The highest BCUT2D eigenvalue weighted by molar-refractivity contribution is 7.89. The molecule has 2 aliphatic carbocycles. The Hall–Kier alpha value is -2.06. The van der Waals surface area contributed by atoms with Crippen LogP contribution in [0.4, 0.5) is 14.6 Å². The van der Waals surface area contributed by atoms with Crippen molar-refractivity contribution < 1.29 is 17.2 Å². The van der Waals surface area contributed by atoms with Crippen molar-refractivity contribution in [3.63, 3.8) is 0 Å². The van der Waals surface area contributed by atoms with Crippen LogP contribution in [0.15, 0.2) is 47.5 Å². The van der Waals surface area contributed by atoms with E-state index in [-0.39, 0.29) is 35.9 Å². The first-order valence-corrected chi connectivity index (χ1v) is 11.4. The number of alkyl halides is 1. The van der Waals surface area contributed by atoms with Crippen LogP contribution < -0.4 is 5.32 Å². The van der Waals surface area contributed by atoms with Gasteiger partial charge < -0.3 is 5.32 Å². The summed E-state index contributed by atoms with van der Waals surface area (Å²) in [5, 5.41) is 3.22. The van der Waals surface area contributed by atoms with Crippen LogP contribution in [-0.4, -0.2) is 37.0 Å². The van der Waals surface area contributed by atoms with E-state index in [0.717, 1.165) is 31.2 Å². The SMILES string of the molecule is O=S(=O)(c1ccc(NC2CC(CF)C2)nc1)N(Cc1ccc(F)cc1)CC1CC1. The number of rotatable bonds is 9. The fourth-order valence-corrected chi connectivity index (χ4v) is 5.04. The van der Waals surface area contributed by atoms with Gasteiger partial charge >= 0.3 is 0 Å². The van der Waals surface area contributed by atoms with Gasteiger partial charge in [-0.1, -0.05) is 12.1 Å². The molecule has 8 heteroatoms. The molecule has 0 spiro atoms. The van der Waals surface area contributed by atoms with Gasteiger partial charge in [-0.15, -0.1) is 0 Å². The van der Waals surface area contributed by atoms with Gasteiger partial charge in [0.05, 0.1) is 6.67 Å². The molecule has 2 aliphatic rings. The highest BCUT2D eigenvalue weighted by Gasteiger charge is 2.32. The van der Waals surface area contributed by atoms with E-state index in [1.807, 2.05) is 0 Å². The van der Waals surface area contributed by atoms with Crippen LogP contribution in [-0.2, 0) is 16.6 Å². The molecule has 2 saturated carbocycles. The number of benzene rings is 1. The standard InChI is InChI=1S/C21H25F2N3O2S/c22-11-17-9-19(10-17)25-21-8-7-20(12-24-21)29(27,28)26(13-15-1-2-15)14-16-3-5-18(23)6-4-16/h3-8,12,15,17,19H,1-2,9-11,13-14H2,(H,24,25). The van der Waals surface area contributed by atoms with Crippen LogP contribution in [0.25, 0.3) is 0 Å².